The number of carbonyl (C=O) groups excluding carboxylic acids is 1. The van der Waals surface area contributed by atoms with Crippen molar-refractivity contribution < 1.29 is 72.7 Å². The molecule has 0 aromatic rings. The number of hydrogen-bond donors (Lipinski definition) is 3. The predicted octanol–water partition coefficient (Wildman–Crippen LogP) is -2.34. The van der Waals surface area contributed by atoms with Crippen molar-refractivity contribution >= 4 is 24.2 Å². The summed E-state index contributed by atoms with van der Waals surface area (Å²) in [6, 6.07) is 0. The Morgan fingerprint density at radius 1 is 0.679 bits per heavy atom. The van der Waals surface area contributed by atoms with E-state index >= 15 is 0 Å². The molecule has 0 atom stereocenters. The molecule has 1 fully saturated rings. The van der Waals surface area contributed by atoms with E-state index in [0.29, 0.717) is 52.4 Å². The maximum Gasteiger partial charge on any atom is 0.317 e. The summed E-state index contributed by atoms with van der Waals surface area (Å²) < 4.78 is 7.18. The van der Waals surface area contributed by atoms with Gasteiger partial charge < -0.3 is 20.1 Å². The van der Waals surface area contributed by atoms with E-state index in [1.165, 1.54) is 0 Å². The Bertz CT molecular complexity index is 457. The van der Waals surface area contributed by atoms with Crippen LogP contribution < -0.4 is 0 Å². The van der Waals surface area contributed by atoms with E-state index in [9.17, 15) is 19.2 Å². The molecule has 169 valence electrons. The standard InChI is InChI=1S/C16H28N4O7.Lu/c21-10-9-17-1-3-18(11-14(22)23)5-7-20(13-16(26)27)8-6-19(4-2-17)12-15(24)25;/h10H,1-9,11-13H2,(H,22,23)(H,24,25)(H,26,27);/i10D;1+2. The molecule has 0 bridgehead atoms. The maximum absolute atomic E-state index is 11.2. The average molecular weight is 566 g/mol. The molecule has 1 aliphatic rings. The minimum Gasteiger partial charge on any atom is -0.480 e. The Morgan fingerprint density at radius 3 is 1.14 bits per heavy atom. The van der Waals surface area contributed by atoms with Crippen LogP contribution in [0.25, 0.3) is 0 Å². The Balaban J connectivity index is 0.00000784. The zero-order valence-corrected chi connectivity index (χ0v) is 17.2. The second-order valence-electron chi connectivity index (χ2n) is 6.43. The van der Waals surface area contributed by atoms with Gasteiger partial charge in [0.1, 0.15) is 7.63 Å². The molecule has 0 unspecified atom stereocenters. The van der Waals surface area contributed by atoms with Gasteiger partial charge in [-0.15, -0.1) is 0 Å². The molecule has 1 saturated heterocycles. The molecule has 0 aliphatic carbocycles. The Hall–Kier alpha value is -0.846. The van der Waals surface area contributed by atoms with Gasteiger partial charge in [-0.05, 0) is 0 Å². The molecule has 0 spiro atoms. The molecule has 0 aromatic carbocycles. The maximum atomic E-state index is 11.2. The van der Waals surface area contributed by atoms with Gasteiger partial charge in [0.15, 0.2) is 0 Å². The number of aldehydes is 1. The van der Waals surface area contributed by atoms with Crippen molar-refractivity contribution in [2.24, 2.45) is 0 Å². The van der Waals surface area contributed by atoms with Gasteiger partial charge in [-0.3, -0.25) is 34.0 Å². The first kappa shape index (κ1) is 25.2. The predicted molar refractivity (Wildman–Crippen MR) is 94.7 cm³/mol. The minimum absolute atomic E-state index is 0. The minimum atomic E-state index is -1.01. The smallest absolute Gasteiger partial charge is 0.317 e. The van der Waals surface area contributed by atoms with Gasteiger partial charge in [0.2, 0.25) is 0 Å². The molecule has 0 amide bonds. The van der Waals surface area contributed by atoms with E-state index in [1.54, 1.807) is 19.6 Å². The molecule has 12 heteroatoms. The third kappa shape index (κ3) is 12.6. The van der Waals surface area contributed by atoms with E-state index < -0.39 is 24.2 Å². The summed E-state index contributed by atoms with van der Waals surface area (Å²) in [4.78, 5) is 51.2. The Labute approximate surface area is 194 Å². The summed E-state index contributed by atoms with van der Waals surface area (Å²) in [5.74, 6) is -3.03. The van der Waals surface area contributed by atoms with E-state index in [-0.39, 0.29) is 63.1 Å². The summed E-state index contributed by atoms with van der Waals surface area (Å²) in [6.07, 6.45) is -0.769. The van der Waals surface area contributed by atoms with Crippen molar-refractivity contribution in [3.05, 3.63) is 0 Å². The number of carboxylic acids is 3. The fourth-order valence-electron chi connectivity index (χ4n) is 2.88. The van der Waals surface area contributed by atoms with E-state index in [4.69, 9.17) is 16.7 Å². The van der Waals surface area contributed by atoms with Crippen LogP contribution in [-0.2, 0) is 19.2 Å². The van der Waals surface area contributed by atoms with Crippen molar-refractivity contribution in [1.29, 1.82) is 0 Å². The van der Waals surface area contributed by atoms with Crippen molar-refractivity contribution in [3.63, 3.8) is 0 Å². The van der Waals surface area contributed by atoms with Crippen molar-refractivity contribution in [2.75, 3.05) is 78.5 Å². The summed E-state index contributed by atoms with van der Waals surface area (Å²) in [7, 11) is 0. The number of carboxylic acid groups (broad SMARTS) is 3. The fourth-order valence-corrected chi connectivity index (χ4v) is 2.88. The average Bonchev–Trinajstić information content (AvgIpc) is 2.55. The first-order chi connectivity index (χ1) is 13.2. The van der Waals surface area contributed by atoms with Crippen LogP contribution >= 0.6 is 0 Å². The Kier molecular flexibility index (Phi) is 13.5. The fraction of sp³-hybridized carbons (Fsp3) is 0.750. The number of aliphatic carboxylic acids is 3. The van der Waals surface area contributed by atoms with Crippen LogP contribution in [0, 0.1) is 36.9 Å². The quantitative estimate of drug-likeness (QED) is 0.272. The molecule has 0 saturated carbocycles. The molecule has 1 aliphatic heterocycles. The Morgan fingerprint density at radius 2 is 0.929 bits per heavy atom. The van der Waals surface area contributed by atoms with E-state index in [0.717, 1.165) is 0 Å². The van der Waals surface area contributed by atoms with Crippen molar-refractivity contribution in [1.82, 2.24) is 19.6 Å². The van der Waals surface area contributed by atoms with Gasteiger partial charge in [0, 0.05) is 89.2 Å². The molecule has 1 radical (unpaired) electrons. The molecular formula is C16H28LuN4O7. The van der Waals surface area contributed by atoms with Crippen LogP contribution in [0.2, 0.25) is 0 Å². The third-order valence-corrected chi connectivity index (χ3v) is 4.29. The van der Waals surface area contributed by atoms with Crippen LogP contribution in [0.4, 0.5) is 0 Å². The van der Waals surface area contributed by atoms with Crippen molar-refractivity contribution in [2.45, 2.75) is 0 Å². The first-order valence-electron chi connectivity index (χ1n) is 9.20. The van der Waals surface area contributed by atoms with Crippen LogP contribution in [0.1, 0.15) is 1.37 Å². The largest absolute Gasteiger partial charge is 0.480 e. The molecule has 0 aromatic heterocycles. The number of carbonyl (C=O) groups is 4. The SMILES string of the molecule is [177Lu].[2H]C(=O)CN1CCN(CC(=O)O)CCN(CC(=O)O)CCN(CC(=O)O)CC1. The summed E-state index contributed by atoms with van der Waals surface area (Å²) in [5.41, 5.74) is 0. The first-order valence-corrected chi connectivity index (χ1v) is 8.70. The number of nitrogens with zero attached hydrogens (tertiary/aromatic N) is 4. The zero-order chi connectivity index (χ0) is 21.1. The van der Waals surface area contributed by atoms with Gasteiger partial charge in [-0.2, -0.15) is 0 Å². The molecule has 11 nitrogen and oxygen atoms in total. The normalized spacial score (nSPS) is 19.5. The molecule has 28 heavy (non-hydrogen) atoms. The number of rotatable bonds is 8. The van der Waals surface area contributed by atoms with Crippen LogP contribution in [0.15, 0.2) is 0 Å². The van der Waals surface area contributed by atoms with Gasteiger partial charge in [0.25, 0.3) is 0 Å². The summed E-state index contributed by atoms with van der Waals surface area (Å²) in [6.45, 7) is 1.87. The van der Waals surface area contributed by atoms with Crippen LogP contribution in [0.3, 0.4) is 0 Å². The zero-order valence-electron chi connectivity index (χ0n) is 16.5. The topological polar surface area (TPSA) is 142 Å². The molecule has 3 N–H and O–H groups in total. The van der Waals surface area contributed by atoms with Crippen LogP contribution in [0.5, 0.6) is 0 Å². The molecule has 1 heterocycles. The third-order valence-electron chi connectivity index (χ3n) is 4.29. The second-order valence-corrected chi connectivity index (χ2v) is 6.43. The second kappa shape index (κ2) is 15.1. The monoisotopic (exact) mass is 566 g/mol. The molecule has 1 rings (SSSR count). The van der Waals surface area contributed by atoms with E-state index in [1.807, 2.05) is 0 Å². The number of hydrogen-bond acceptors (Lipinski definition) is 8. The van der Waals surface area contributed by atoms with Gasteiger partial charge in [0.05, 0.1) is 26.2 Å². The van der Waals surface area contributed by atoms with Crippen molar-refractivity contribution in [3.8, 4) is 0 Å². The summed E-state index contributed by atoms with van der Waals surface area (Å²) in [5, 5.41) is 27.3. The van der Waals surface area contributed by atoms with Gasteiger partial charge in [-0.25, -0.2) is 0 Å². The van der Waals surface area contributed by atoms with E-state index in [2.05, 4.69) is 0 Å². The molecular weight excluding hydrogens is 537 g/mol. The summed E-state index contributed by atoms with van der Waals surface area (Å²) >= 11 is 0. The van der Waals surface area contributed by atoms with Gasteiger partial charge >= 0.3 is 17.9 Å². The van der Waals surface area contributed by atoms with Crippen LogP contribution in [-0.4, -0.2) is 138 Å². The van der Waals surface area contributed by atoms with Gasteiger partial charge in [-0.1, -0.05) is 0 Å².